The lowest BCUT2D eigenvalue weighted by molar-refractivity contribution is -0.125. The van der Waals surface area contributed by atoms with Crippen molar-refractivity contribution in [3.05, 3.63) is 0 Å². The molecule has 0 aliphatic heterocycles. The van der Waals surface area contributed by atoms with Crippen molar-refractivity contribution >= 4 is 12.0 Å². The number of ether oxygens (including phenoxy) is 1. The number of amides is 2. The molecule has 0 heterocycles. The van der Waals surface area contributed by atoms with Crippen molar-refractivity contribution in [1.29, 1.82) is 0 Å². The first kappa shape index (κ1) is 15.7. The molecule has 2 atom stereocenters. The normalized spacial score (nSPS) is 14.7. The van der Waals surface area contributed by atoms with Crippen molar-refractivity contribution in [2.45, 2.75) is 58.9 Å². The molecule has 0 aromatic carbocycles. The van der Waals surface area contributed by atoms with Crippen LogP contribution in [0.4, 0.5) is 4.79 Å². The Bertz CT molecular complexity index is 273. The summed E-state index contributed by atoms with van der Waals surface area (Å²) in [4.78, 5) is 22.8. The van der Waals surface area contributed by atoms with Crippen LogP contribution in [0.1, 0.15) is 41.0 Å². The molecule has 0 rings (SSSR count). The van der Waals surface area contributed by atoms with E-state index in [1.54, 1.807) is 27.7 Å². The highest BCUT2D eigenvalue weighted by atomic mass is 16.6. The second-order valence-electron chi connectivity index (χ2n) is 4.80. The van der Waals surface area contributed by atoms with Gasteiger partial charge in [0.25, 0.3) is 0 Å². The fourth-order valence-corrected chi connectivity index (χ4v) is 0.941. The quantitative estimate of drug-likeness (QED) is 0.639. The zero-order valence-electron chi connectivity index (χ0n) is 11.0. The molecule has 100 valence electrons. The summed E-state index contributed by atoms with van der Waals surface area (Å²) in [5.41, 5.74) is -0.608. The Morgan fingerprint density at radius 1 is 1.29 bits per heavy atom. The molecule has 6 nitrogen and oxygen atoms in total. The largest absolute Gasteiger partial charge is 0.444 e. The van der Waals surface area contributed by atoms with E-state index in [-0.39, 0.29) is 0 Å². The lowest BCUT2D eigenvalue weighted by Gasteiger charge is -2.22. The minimum Gasteiger partial charge on any atom is -0.444 e. The van der Waals surface area contributed by atoms with Crippen LogP contribution in [0.25, 0.3) is 0 Å². The molecule has 0 aromatic rings. The minimum absolute atomic E-state index is 0.408. The van der Waals surface area contributed by atoms with E-state index in [2.05, 4.69) is 10.6 Å². The van der Waals surface area contributed by atoms with Gasteiger partial charge >= 0.3 is 6.09 Å². The fourth-order valence-electron chi connectivity index (χ4n) is 0.941. The third-order valence-electron chi connectivity index (χ3n) is 1.82. The van der Waals surface area contributed by atoms with Crippen LogP contribution in [-0.2, 0) is 9.53 Å². The van der Waals surface area contributed by atoms with Gasteiger partial charge in [-0.3, -0.25) is 4.79 Å². The van der Waals surface area contributed by atoms with Gasteiger partial charge in [-0.25, -0.2) is 4.79 Å². The first-order valence-corrected chi connectivity index (χ1v) is 5.63. The van der Waals surface area contributed by atoms with Crippen LogP contribution < -0.4 is 10.6 Å². The Kier molecular flexibility index (Phi) is 5.95. The second kappa shape index (κ2) is 6.44. The van der Waals surface area contributed by atoms with Crippen LogP contribution in [0, 0.1) is 0 Å². The van der Waals surface area contributed by atoms with E-state index in [9.17, 15) is 14.7 Å². The highest BCUT2D eigenvalue weighted by Gasteiger charge is 2.21. The topological polar surface area (TPSA) is 87.7 Å². The van der Waals surface area contributed by atoms with Gasteiger partial charge in [-0.05, 0) is 34.1 Å². The maximum absolute atomic E-state index is 11.5. The number of hydrogen-bond donors (Lipinski definition) is 3. The van der Waals surface area contributed by atoms with Gasteiger partial charge in [0.15, 0.2) is 0 Å². The maximum atomic E-state index is 11.5. The van der Waals surface area contributed by atoms with Gasteiger partial charge in [0.2, 0.25) is 5.91 Å². The minimum atomic E-state index is -0.898. The summed E-state index contributed by atoms with van der Waals surface area (Å²) in [6.45, 7) is 8.45. The predicted octanol–water partition coefficient (Wildman–Crippen LogP) is 0.744. The van der Waals surface area contributed by atoms with E-state index in [4.69, 9.17) is 4.74 Å². The number of hydrogen-bond acceptors (Lipinski definition) is 4. The smallest absolute Gasteiger partial charge is 0.408 e. The Morgan fingerprint density at radius 3 is 2.24 bits per heavy atom. The van der Waals surface area contributed by atoms with E-state index in [1.165, 1.54) is 6.92 Å². The molecule has 0 aromatic heterocycles. The fraction of sp³-hybridized carbons (Fsp3) is 0.818. The average molecular weight is 246 g/mol. The number of alkyl carbamates (subject to hydrolysis) is 1. The number of carbonyl (C=O) groups is 2. The molecular weight excluding hydrogens is 224 g/mol. The molecule has 3 N–H and O–H groups in total. The van der Waals surface area contributed by atoms with Crippen molar-refractivity contribution in [1.82, 2.24) is 10.6 Å². The summed E-state index contributed by atoms with van der Waals surface area (Å²) in [5.74, 6) is -0.454. The summed E-state index contributed by atoms with van der Waals surface area (Å²) in [6, 6.07) is -0.758. The summed E-state index contributed by atoms with van der Waals surface area (Å²) in [7, 11) is 0. The van der Waals surface area contributed by atoms with Crippen LogP contribution in [0.15, 0.2) is 0 Å². The van der Waals surface area contributed by atoms with Crippen LogP contribution in [0.2, 0.25) is 0 Å². The van der Waals surface area contributed by atoms with Crippen molar-refractivity contribution < 1.29 is 19.4 Å². The summed E-state index contributed by atoms with van der Waals surface area (Å²) in [5, 5.41) is 13.9. The molecule has 17 heavy (non-hydrogen) atoms. The maximum Gasteiger partial charge on any atom is 0.408 e. The number of aliphatic hydroxyl groups is 1. The van der Waals surface area contributed by atoms with Gasteiger partial charge in [0.1, 0.15) is 17.9 Å². The van der Waals surface area contributed by atoms with E-state index < -0.39 is 29.9 Å². The van der Waals surface area contributed by atoms with Crippen LogP contribution in [0.5, 0.6) is 0 Å². The second-order valence-corrected chi connectivity index (χ2v) is 4.80. The van der Waals surface area contributed by atoms with E-state index in [0.29, 0.717) is 6.42 Å². The molecule has 1 unspecified atom stereocenters. The first-order valence-electron chi connectivity index (χ1n) is 5.63. The van der Waals surface area contributed by atoms with Crippen LogP contribution in [-0.4, -0.2) is 35.0 Å². The Balaban J connectivity index is 4.12. The van der Waals surface area contributed by atoms with Crippen molar-refractivity contribution in [3.8, 4) is 0 Å². The van der Waals surface area contributed by atoms with Gasteiger partial charge in [-0.15, -0.1) is 0 Å². The van der Waals surface area contributed by atoms with Gasteiger partial charge in [0.05, 0.1) is 0 Å². The predicted molar refractivity (Wildman–Crippen MR) is 63.3 cm³/mol. The lowest BCUT2D eigenvalue weighted by atomic mass is 10.2. The zero-order valence-corrected chi connectivity index (χ0v) is 11.0. The van der Waals surface area contributed by atoms with E-state index >= 15 is 0 Å². The lowest BCUT2D eigenvalue weighted by Crippen LogP contribution is -2.49. The molecule has 0 saturated carbocycles. The van der Waals surface area contributed by atoms with Crippen molar-refractivity contribution in [2.75, 3.05) is 0 Å². The van der Waals surface area contributed by atoms with Gasteiger partial charge in [-0.1, -0.05) is 6.92 Å². The third kappa shape index (κ3) is 7.57. The Labute approximate surface area is 102 Å². The molecule has 0 saturated heterocycles. The molecule has 0 fully saturated rings. The molecule has 0 radical (unpaired) electrons. The SMILES string of the molecule is CCC(O)NC(=O)[C@H](C)NC(=O)OC(C)(C)C. The molecule has 0 bridgehead atoms. The Morgan fingerprint density at radius 2 is 1.82 bits per heavy atom. The Hall–Kier alpha value is -1.30. The van der Waals surface area contributed by atoms with Gasteiger partial charge in [-0.2, -0.15) is 0 Å². The molecule has 6 heteroatoms. The monoisotopic (exact) mass is 246 g/mol. The number of aliphatic hydroxyl groups excluding tert-OH is 1. The molecular formula is C11H22N2O4. The van der Waals surface area contributed by atoms with E-state index in [1.807, 2.05) is 0 Å². The van der Waals surface area contributed by atoms with Crippen molar-refractivity contribution in [3.63, 3.8) is 0 Å². The first-order chi connectivity index (χ1) is 7.65. The summed E-state index contributed by atoms with van der Waals surface area (Å²) >= 11 is 0. The molecule has 2 amide bonds. The van der Waals surface area contributed by atoms with E-state index in [0.717, 1.165) is 0 Å². The van der Waals surface area contributed by atoms with Crippen LogP contribution >= 0.6 is 0 Å². The number of carbonyl (C=O) groups excluding carboxylic acids is 2. The molecule has 0 aliphatic carbocycles. The van der Waals surface area contributed by atoms with Gasteiger partial charge < -0.3 is 20.5 Å². The summed E-state index contributed by atoms with van der Waals surface area (Å²) < 4.78 is 5.00. The zero-order chi connectivity index (χ0) is 13.6. The number of rotatable bonds is 4. The standard InChI is InChI=1S/C11H22N2O4/c1-6-8(14)13-9(15)7(2)12-10(16)17-11(3,4)5/h7-8,14H,6H2,1-5H3,(H,12,16)(H,13,15)/t7-,8?/m0/s1. The highest BCUT2D eigenvalue weighted by Crippen LogP contribution is 2.06. The third-order valence-corrected chi connectivity index (χ3v) is 1.82. The van der Waals surface area contributed by atoms with Gasteiger partial charge in [0, 0.05) is 0 Å². The average Bonchev–Trinajstić information content (AvgIpc) is 2.14. The summed E-state index contributed by atoms with van der Waals surface area (Å²) in [6.07, 6.45) is -1.15. The molecule has 0 aliphatic rings. The highest BCUT2D eigenvalue weighted by molar-refractivity contribution is 5.85. The van der Waals surface area contributed by atoms with Crippen LogP contribution in [0.3, 0.4) is 0 Å². The number of nitrogens with one attached hydrogen (secondary N) is 2. The molecule has 0 spiro atoms. The van der Waals surface area contributed by atoms with Crippen molar-refractivity contribution in [2.24, 2.45) is 0 Å².